The van der Waals surface area contributed by atoms with E-state index in [2.05, 4.69) is 5.10 Å². The topological polar surface area (TPSA) is 43.8 Å². The predicted molar refractivity (Wildman–Crippen MR) is 57.2 cm³/mol. The van der Waals surface area contributed by atoms with Crippen LogP contribution in [0.1, 0.15) is 11.3 Å². The number of aromatic nitrogens is 2. The normalized spacial score (nSPS) is 11.7. The SMILES string of the molecule is Nc1cccc(Cn2ccc(C(F)(F)F)n2)c1. The van der Waals surface area contributed by atoms with Crippen molar-refractivity contribution in [2.75, 3.05) is 5.73 Å². The molecule has 90 valence electrons. The number of halogens is 3. The van der Waals surface area contributed by atoms with Gasteiger partial charge < -0.3 is 5.73 Å². The first-order valence-corrected chi connectivity index (χ1v) is 4.90. The molecule has 2 rings (SSSR count). The zero-order chi connectivity index (χ0) is 12.5. The molecule has 0 aliphatic carbocycles. The van der Waals surface area contributed by atoms with Gasteiger partial charge in [0.1, 0.15) is 0 Å². The molecule has 0 bridgehead atoms. The van der Waals surface area contributed by atoms with Crippen molar-refractivity contribution in [1.82, 2.24) is 9.78 Å². The highest BCUT2D eigenvalue weighted by Gasteiger charge is 2.33. The van der Waals surface area contributed by atoms with Gasteiger partial charge in [-0.2, -0.15) is 18.3 Å². The summed E-state index contributed by atoms with van der Waals surface area (Å²) in [5.41, 5.74) is 6.07. The van der Waals surface area contributed by atoms with Crippen LogP contribution >= 0.6 is 0 Å². The molecule has 6 heteroatoms. The zero-order valence-electron chi connectivity index (χ0n) is 8.78. The van der Waals surface area contributed by atoms with Gasteiger partial charge in [0.2, 0.25) is 0 Å². The van der Waals surface area contributed by atoms with Crippen LogP contribution in [0.2, 0.25) is 0 Å². The maximum atomic E-state index is 12.3. The monoisotopic (exact) mass is 241 g/mol. The molecule has 0 saturated carbocycles. The number of nitrogens with zero attached hydrogens (tertiary/aromatic N) is 2. The highest BCUT2D eigenvalue weighted by molar-refractivity contribution is 5.40. The molecule has 3 nitrogen and oxygen atoms in total. The number of benzene rings is 1. The summed E-state index contributed by atoms with van der Waals surface area (Å²) in [5.74, 6) is 0. The quantitative estimate of drug-likeness (QED) is 0.821. The highest BCUT2D eigenvalue weighted by atomic mass is 19.4. The van der Waals surface area contributed by atoms with Crippen molar-refractivity contribution in [1.29, 1.82) is 0 Å². The summed E-state index contributed by atoms with van der Waals surface area (Å²) in [6.45, 7) is 0.265. The Kier molecular flexibility index (Phi) is 2.79. The second kappa shape index (κ2) is 4.12. The van der Waals surface area contributed by atoms with E-state index >= 15 is 0 Å². The lowest BCUT2D eigenvalue weighted by Crippen LogP contribution is -2.08. The largest absolute Gasteiger partial charge is 0.435 e. The number of hydrogen-bond acceptors (Lipinski definition) is 2. The Morgan fingerprint density at radius 3 is 2.59 bits per heavy atom. The lowest BCUT2D eigenvalue weighted by Gasteiger charge is -2.04. The summed E-state index contributed by atoms with van der Waals surface area (Å²) in [4.78, 5) is 0. The van der Waals surface area contributed by atoms with Crippen LogP contribution in [-0.4, -0.2) is 9.78 Å². The lowest BCUT2D eigenvalue weighted by molar-refractivity contribution is -0.141. The van der Waals surface area contributed by atoms with E-state index in [-0.39, 0.29) is 6.54 Å². The molecule has 1 heterocycles. The van der Waals surface area contributed by atoms with E-state index in [1.807, 2.05) is 0 Å². The Bertz CT molecular complexity index is 517. The molecule has 2 N–H and O–H groups in total. The van der Waals surface area contributed by atoms with Gasteiger partial charge in [0.15, 0.2) is 5.69 Å². The number of rotatable bonds is 2. The van der Waals surface area contributed by atoms with Gasteiger partial charge in [-0.3, -0.25) is 4.68 Å². The average Bonchev–Trinajstić information content (AvgIpc) is 2.65. The second-order valence-corrected chi connectivity index (χ2v) is 3.64. The van der Waals surface area contributed by atoms with Crippen molar-refractivity contribution in [3.63, 3.8) is 0 Å². The van der Waals surface area contributed by atoms with Gasteiger partial charge in [-0.25, -0.2) is 0 Å². The summed E-state index contributed by atoms with van der Waals surface area (Å²) in [6.07, 6.45) is -3.10. The van der Waals surface area contributed by atoms with Gasteiger partial charge in [0.25, 0.3) is 0 Å². The van der Waals surface area contributed by atoms with Crippen LogP contribution in [-0.2, 0) is 12.7 Å². The van der Waals surface area contributed by atoms with Crippen molar-refractivity contribution in [2.45, 2.75) is 12.7 Å². The minimum Gasteiger partial charge on any atom is -0.399 e. The van der Waals surface area contributed by atoms with E-state index in [0.717, 1.165) is 11.6 Å². The Labute approximate surface area is 95.7 Å². The van der Waals surface area contributed by atoms with Gasteiger partial charge >= 0.3 is 6.18 Å². The maximum Gasteiger partial charge on any atom is 0.435 e. The average molecular weight is 241 g/mol. The van der Waals surface area contributed by atoms with Gasteiger partial charge in [-0.15, -0.1) is 0 Å². The molecule has 0 aliphatic heterocycles. The number of nitrogen functional groups attached to an aromatic ring is 1. The Hall–Kier alpha value is -1.98. The number of nitrogens with two attached hydrogens (primary N) is 1. The lowest BCUT2D eigenvalue weighted by atomic mass is 10.2. The van der Waals surface area contributed by atoms with E-state index in [4.69, 9.17) is 5.73 Å². The summed E-state index contributed by atoms with van der Waals surface area (Å²) < 4.78 is 38.2. The van der Waals surface area contributed by atoms with Crippen LogP contribution in [0.25, 0.3) is 0 Å². The molecule has 0 amide bonds. The predicted octanol–water partition coefficient (Wildman–Crippen LogP) is 2.53. The third-order valence-electron chi connectivity index (χ3n) is 2.23. The van der Waals surface area contributed by atoms with E-state index < -0.39 is 11.9 Å². The van der Waals surface area contributed by atoms with Crippen molar-refractivity contribution < 1.29 is 13.2 Å². The first-order chi connectivity index (χ1) is 7.95. The Morgan fingerprint density at radius 2 is 2.00 bits per heavy atom. The van der Waals surface area contributed by atoms with Crippen LogP contribution in [0, 0.1) is 0 Å². The van der Waals surface area contributed by atoms with E-state index in [1.54, 1.807) is 24.3 Å². The molecule has 0 atom stereocenters. The zero-order valence-corrected chi connectivity index (χ0v) is 8.78. The van der Waals surface area contributed by atoms with Gasteiger partial charge in [-0.1, -0.05) is 12.1 Å². The fourth-order valence-corrected chi connectivity index (χ4v) is 1.48. The molecule has 1 aromatic carbocycles. The summed E-state index contributed by atoms with van der Waals surface area (Å²) in [6, 6.07) is 7.90. The van der Waals surface area contributed by atoms with Crippen molar-refractivity contribution in [3.05, 3.63) is 47.8 Å². The fourth-order valence-electron chi connectivity index (χ4n) is 1.48. The van der Waals surface area contributed by atoms with Crippen LogP contribution < -0.4 is 5.73 Å². The fraction of sp³-hybridized carbons (Fsp3) is 0.182. The minimum absolute atomic E-state index is 0.265. The summed E-state index contributed by atoms with van der Waals surface area (Å²) >= 11 is 0. The third kappa shape index (κ3) is 2.77. The molecule has 0 spiro atoms. The molecule has 2 aromatic rings. The molecular formula is C11H10F3N3. The molecule has 0 unspecified atom stereocenters. The number of alkyl halides is 3. The minimum atomic E-state index is -4.40. The summed E-state index contributed by atoms with van der Waals surface area (Å²) in [7, 11) is 0. The molecule has 17 heavy (non-hydrogen) atoms. The molecule has 0 radical (unpaired) electrons. The highest BCUT2D eigenvalue weighted by Crippen LogP contribution is 2.27. The molecule has 0 fully saturated rings. The first-order valence-electron chi connectivity index (χ1n) is 4.90. The van der Waals surface area contributed by atoms with Gasteiger partial charge in [0, 0.05) is 11.9 Å². The standard InChI is InChI=1S/C11H10F3N3/c12-11(13,14)10-4-5-17(16-10)7-8-2-1-3-9(15)6-8/h1-6H,7,15H2. The number of anilines is 1. The molecule has 1 aromatic heterocycles. The van der Waals surface area contributed by atoms with E-state index in [9.17, 15) is 13.2 Å². The van der Waals surface area contributed by atoms with E-state index in [0.29, 0.717) is 5.69 Å². The van der Waals surface area contributed by atoms with E-state index in [1.165, 1.54) is 10.9 Å². The number of hydrogen-bond donors (Lipinski definition) is 1. The molecule has 0 aliphatic rings. The van der Waals surface area contributed by atoms with Gasteiger partial charge in [-0.05, 0) is 23.8 Å². The van der Waals surface area contributed by atoms with Crippen molar-refractivity contribution >= 4 is 5.69 Å². The molecular weight excluding hydrogens is 231 g/mol. The van der Waals surface area contributed by atoms with Gasteiger partial charge in [0.05, 0.1) is 6.54 Å². The maximum absolute atomic E-state index is 12.3. The smallest absolute Gasteiger partial charge is 0.399 e. The van der Waals surface area contributed by atoms with Crippen LogP contribution in [0.3, 0.4) is 0 Å². The first kappa shape index (κ1) is 11.5. The molecule has 0 saturated heterocycles. The van der Waals surface area contributed by atoms with Crippen LogP contribution in [0.4, 0.5) is 18.9 Å². The van der Waals surface area contributed by atoms with Crippen LogP contribution in [0.5, 0.6) is 0 Å². The third-order valence-corrected chi connectivity index (χ3v) is 2.23. The summed E-state index contributed by atoms with van der Waals surface area (Å²) in [5, 5.41) is 3.46. The van der Waals surface area contributed by atoms with Crippen molar-refractivity contribution in [3.8, 4) is 0 Å². The second-order valence-electron chi connectivity index (χ2n) is 3.64. The Balaban J connectivity index is 2.17. The van der Waals surface area contributed by atoms with Crippen LogP contribution in [0.15, 0.2) is 36.5 Å². The Morgan fingerprint density at radius 1 is 1.24 bits per heavy atom. The van der Waals surface area contributed by atoms with Crippen molar-refractivity contribution in [2.24, 2.45) is 0 Å².